The molecule has 1 N–H and O–H groups in total. The van der Waals surface area contributed by atoms with Crippen LogP contribution in [0.4, 0.5) is 10.1 Å². The molecule has 0 aliphatic heterocycles. The molecule has 2 aromatic carbocycles. The average molecular weight is 403 g/mol. The number of carbonyl (C=O) groups is 1. The van der Waals surface area contributed by atoms with Crippen molar-refractivity contribution in [1.82, 2.24) is 0 Å². The molecule has 0 unspecified atom stereocenters. The van der Waals surface area contributed by atoms with Gasteiger partial charge in [0.1, 0.15) is 11.6 Å². The van der Waals surface area contributed by atoms with E-state index in [2.05, 4.69) is 37.2 Å². The predicted molar refractivity (Wildman–Crippen MR) is 82.7 cm³/mol. The summed E-state index contributed by atoms with van der Waals surface area (Å²) in [7, 11) is 1.48. The van der Waals surface area contributed by atoms with Crippen molar-refractivity contribution in [1.29, 1.82) is 0 Å². The molecule has 0 bridgehead atoms. The highest BCUT2D eigenvalue weighted by atomic mass is 79.9. The second-order valence-corrected chi connectivity index (χ2v) is 5.79. The maximum atomic E-state index is 13.7. The molecule has 20 heavy (non-hydrogen) atoms. The molecule has 0 spiro atoms. The number of halogens is 3. The Bertz CT molecular complexity index is 641. The highest BCUT2D eigenvalue weighted by molar-refractivity contribution is 9.11. The SMILES string of the molecule is COc1ccc(F)c(NC(=O)c2cc(Br)cc(Br)c2)c1. The minimum atomic E-state index is -0.520. The minimum Gasteiger partial charge on any atom is -0.497 e. The third kappa shape index (κ3) is 3.58. The monoisotopic (exact) mass is 401 g/mol. The van der Waals surface area contributed by atoms with Crippen LogP contribution in [0.5, 0.6) is 5.75 Å². The van der Waals surface area contributed by atoms with Gasteiger partial charge in [-0.15, -0.1) is 0 Å². The summed E-state index contributed by atoms with van der Waals surface area (Å²) in [5.74, 6) is -0.454. The van der Waals surface area contributed by atoms with E-state index in [4.69, 9.17) is 4.74 Å². The molecule has 2 aromatic rings. The number of nitrogens with one attached hydrogen (secondary N) is 1. The molecule has 104 valence electrons. The first-order chi connectivity index (χ1) is 9.49. The standard InChI is InChI=1S/C14H10Br2FNO2/c1-20-11-2-3-12(17)13(7-11)18-14(19)8-4-9(15)6-10(16)5-8/h2-7H,1H3,(H,18,19). The second-order valence-electron chi connectivity index (χ2n) is 3.96. The van der Waals surface area contributed by atoms with E-state index in [9.17, 15) is 9.18 Å². The van der Waals surface area contributed by atoms with E-state index >= 15 is 0 Å². The zero-order valence-electron chi connectivity index (χ0n) is 10.4. The lowest BCUT2D eigenvalue weighted by Gasteiger charge is -2.09. The van der Waals surface area contributed by atoms with Gasteiger partial charge in [-0.05, 0) is 30.3 Å². The second kappa shape index (κ2) is 6.37. The lowest BCUT2D eigenvalue weighted by molar-refractivity contribution is 0.102. The van der Waals surface area contributed by atoms with Crippen LogP contribution < -0.4 is 10.1 Å². The summed E-state index contributed by atoms with van der Waals surface area (Å²) >= 11 is 6.60. The molecule has 0 fully saturated rings. The molecule has 6 heteroatoms. The zero-order chi connectivity index (χ0) is 14.7. The summed E-state index contributed by atoms with van der Waals surface area (Å²) < 4.78 is 20.2. The molecule has 3 nitrogen and oxygen atoms in total. The first-order valence-corrected chi connectivity index (χ1v) is 7.19. The third-order valence-electron chi connectivity index (χ3n) is 2.55. The Morgan fingerprint density at radius 2 is 1.80 bits per heavy atom. The Morgan fingerprint density at radius 1 is 1.15 bits per heavy atom. The van der Waals surface area contributed by atoms with Crippen molar-refractivity contribution in [3.05, 3.63) is 56.7 Å². The van der Waals surface area contributed by atoms with Crippen molar-refractivity contribution < 1.29 is 13.9 Å². The summed E-state index contributed by atoms with van der Waals surface area (Å²) in [6, 6.07) is 9.27. The summed E-state index contributed by atoms with van der Waals surface area (Å²) in [6.07, 6.45) is 0. The van der Waals surface area contributed by atoms with Crippen LogP contribution in [-0.4, -0.2) is 13.0 Å². The van der Waals surface area contributed by atoms with E-state index in [1.165, 1.54) is 25.3 Å². The van der Waals surface area contributed by atoms with Gasteiger partial charge in [0.15, 0.2) is 0 Å². The molecule has 0 heterocycles. The molecule has 2 rings (SSSR count). The van der Waals surface area contributed by atoms with Gasteiger partial charge in [-0.25, -0.2) is 4.39 Å². The molecule has 0 aliphatic carbocycles. The number of benzene rings is 2. The Balaban J connectivity index is 2.27. The molecule has 0 saturated carbocycles. The van der Waals surface area contributed by atoms with E-state index in [1.807, 2.05) is 6.07 Å². The number of ether oxygens (including phenoxy) is 1. The van der Waals surface area contributed by atoms with Crippen molar-refractivity contribution in [2.75, 3.05) is 12.4 Å². The van der Waals surface area contributed by atoms with Crippen LogP contribution in [0, 0.1) is 5.82 Å². The van der Waals surface area contributed by atoms with Crippen LogP contribution >= 0.6 is 31.9 Å². The van der Waals surface area contributed by atoms with Crippen LogP contribution in [0.1, 0.15) is 10.4 Å². The van der Waals surface area contributed by atoms with Gasteiger partial charge in [-0.1, -0.05) is 31.9 Å². The van der Waals surface area contributed by atoms with Crippen LogP contribution in [-0.2, 0) is 0 Å². The van der Waals surface area contributed by atoms with Gasteiger partial charge in [-0.3, -0.25) is 4.79 Å². The average Bonchev–Trinajstić information content (AvgIpc) is 2.40. The van der Waals surface area contributed by atoms with Crippen molar-refractivity contribution in [3.8, 4) is 5.75 Å². The Hall–Kier alpha value is -1.40. The van der Waals surface area contributed by atoms with E-state index in [0.717, 1.165) is 8.95 Å². The Kier molecular flexibility index (Phi) is 4.77. The maximum absolute atomic E-state index is 13.7. The quantitative estimate of drug-likeness (QED) is 0.813. The number of rotatable bonds is 3. The lowest BCUT2D eigenvalue weighted by Crippen LogP contribution is -2.13. The highest BCUT2D eigenvalue weighted by Gasteiger charge is 2.11. The predicted octanol–water partition coefficient (Wildman–Crippen LogP) is 4.61. The van der Waals surface area contributed by atoms with E-state index in [0.29, 0.717) is 11.3 Å². The van der Waals surface area contributed by atoms with Crippen LogP contribution in [0.2, 0.25) is 0 Å². The first-order valence-electron chi connectivity index (χ1n) is 5.60. The summed E-state index contributed by atoms with van der Waals surface area (Å²) in [4.78, 5) is 12.1. The fourth-order valence-corrected chi connectivity index (χ4v) is 2.90. The fraction of sp³-hybridized carbons (Fsp3) is 0.0714. The van der Waals surface area contributed by atoms with Crippen LogP contribution in [0.3, 0.4) is 0 Å². The molecule has 0 saturated heterocycles. The van der Waals surface area contributed by atoms with Crippen molar-refractivity contribution >= 4 is 43.5 Å². The fourth-order valence-electron chi connectivity index (χ4n) is 1.61. The topological polar surface area (TPSA) is 38.3 Å². The molecule has 1 amide bonds. The third-order valence-corrected chi connectivity index (χ3v) is 3.46. The van der Waals surface area contributed by atoms with Crippen molar-refractivity contribution in [2.24, 2.45) is 0 Å². The van der Waals surface area contributed by atoms with Gasteiger partial charge < -0.3 is 10.1 Å². The number of hydrogen-bond acceptors (Lipinski definition) is 2. The van der Waals surface area contributed by atoms with Gasteiger partial charge in [0, 0.05) is 20.6 Å². The van der Waals surface area contributed by atoms with E-state index in [1.54, 1.807) is 12.1 Å². The van der Waals surface area contributed by atoms with E-state index < -0.39 is 11.7 Å². The van der Waals surface area contributed by atoms with Gasteiger partial charge in [0.2, 0.25) is 0 Å². The number of hydrogen-bond donors (Lipinski definition) is 1. The molecule has 0 radical (unpaired) electrons. The lowest BCUT2D eigenvalue weighted by atomic mass is 10.2. The van der Waals surface area contributed by atoms with Gasteiger partial charge in [0.05, 0.1) is 12.8 Å². The summed E-state index contributed by atoms with van der Waals surface area (Å²) in [6.45, 7) is 0. The van der Waals surface area contributed by atoms with Crippen LogP contribution in [0.25, 0.3) is 0 Å². The highest BCUT2D eigenvalue weighted by Crippen LogP contribution is 2.24. The van der Waals surface area contributed by atoms with Crippen LogP contribution in [0.15, 0.2) is 45.3 Å². The van der Waals surface area contributed by atoms with E-state index in [-0.39, 0.29) is 5.69 Å². The molecular weight excluding hydrogens is 393 g/mol. The molecular formula is C14H10Br2FNO2. The Labute approximate surface area is 132 Å². The summed E-state index contributed by atoms with van der Waals surface area (Å²) in [5.41, 5.74) is 0.485. The first kappa shape index (κ1) is 15.0. The number of methoxy groups -OCH3 is 1. The van der Waals surface area contributed by atoms with Gasteiger partial charge in [0.25, 0.3) is 5.91 Å². The number of anilines is 1. The smallest absolute Gasteiger partial charge is 0.255 e. The minimum absolute atomic E-state index is 0.0745. The molecule has 0 aliphatic rings. The van der Waals surface area contributed by atoms with Gasteiger partial charge >= 0.3 is 0 Å². The van der Waals surface area contributed by atoms with Crippen molar-refractivity contribution in [2.45, 2.75) is 0 Å². The largest absolute Gasteiger partial charge is 0.497 e. The normalized spacial score (nSPS) is 10.2. The summed E-state index contributed by atoms with van der Waals surface area (Å²) in [5, 5.41) is 2.52. The maximum Gasteiger partial charge on any atom is 0.255 e. The zero-order valence-corrected chi connectivity index (χ0v) is 13.6. The Morgan fingerprint density at radius 3 is 2.40 bits per heavy atom. The molecule has 0 aromatic heterocycles. The number of carbonyl (C=O) groups excluding carboxylic acids is 1. The van der Waals surface area contributed by atoms with Gasteiger partial charge in [-0.2, -0.15) is 0 Å². The van der Waals surface area contributed by atoms with Crippen molar-refractivity contribution in [3.63, 3.8) is 0 Å². The number of amides is 1. The molecule has 0 atom stereocenters.